The van der Waals surface area contributed by atoms with Crippen molar-refractivity contribution in [1.29, 1.82) is 0 Å². The first-order valence-corrected chi connectivity index (χ1v) is 17.8. The number of hydrogen-bond acceptors (Lipinski definition) is 10. The van der Waals surface area contributed by atoms with E-state index in [1.54, 1.807) is 18.2 Å². The number of alkyl halides is 3. The third-order valence-corrected chi connectivity index (χ3v) is 11.0. The van der Waals surface area contributed by atoms with Crippen LogP contribution in [0, 0.1) is 20.2 Å². The van der Waals surface area contributed by atoms with Gasteiger partial charge in [-0.05, 0) is 71.9 Å². The number of rotatable bonds is 13. The summed E-state index contributed by atoms with van der Waals surface area (Å²) in [5, 5.41) is 25.4. The Morgan fingerprint density at radius 3 is 2.22 bits per heavy atom. The minimum Gasteiger partial charge on any atom is -0.480 e. The Labute approximate surface area is 302 Å². The second kappa shape index (κ2) is 15.5. The molecule has 0 N–H and O–H groups in total. The number of thiocarbonyl (C=S) groups is 1. The summed E-state index contributed by atoms with van der Waals surface area (Å²) in [7, 11) is 0. The molecule has 0 saturated carbocycles. The zero-order chi connectivity index (χ0) is 36.2. The van der Waals surface area contributed by atoms with Crippen LogP contribution in [0.5, 0.6) is 0 Å². The normalized spacial score (nSPS) is 16.3. The highest BCUT2D eigenvalue weighted by Crippen LogP contribution is 2.49. The molecule has 2 aliphatic heterocycles. The molecule has 0 aromatic heterocycles. The largest absolute Gasteiger partial charge is 0.480 e. The van der Waals surface area contributed by atoms with Gasteiger partial charge in [-0.25, -0.2) is 0 Å². The quantitative estimate of drug-likeness (QED) is 0.0786. The zero-order valence-electron chi connectivity index (χ0n) is 27.6. The first-order valence-electron chi connectivity index (χ1n) is 16.6. The number of benzene rings is 4. The average Bonchev–Trinajstić information content (AvgIpc) is 3.11. The molecule has 0 bridgehead atoms. The van der Waals surface area contributed by atoms with Gasteiger partial charge in [-0.1, -0.05) is 66.4 Å². The van der Waals surface area contributed by atoms with Crippen molar-refractivity contribution in [3.8, 4) is 0 Å². The van der Waals surface area contributed by atoms with Crippen molar-refractivity contribution in [3.05, 3.63) is 116 Å². The van der Waals surface area contributed by atoms with Gasteiger partial charge >= 0.3 is 11.7 Å². The maximum Gasteiger partial charge on any atom is 0.416 e. The van der Waals surface area contributed by atoms with E-state index in [2.05, 4.69) is 9.80 Å². The van der Waals surface area contributed by atoms with Crippen LogP contribution in [0.15, 0.2) is 94.7 Å². The van der Waals surface area contributed by atoms with Crippen LogP contribution in [0.25, 0.3) is 10.8 Å². The fourth-order valence-corrected chi connectivity index (χ4v) is 8.07. The van der Waals surface area contributed by atoms with Gasteiger partial charge in [-0.3, -0.25) is 25.1 Å². The van der Waals surface area contributed by atoms with Crippen molar-refractivity contribution in [2.24, 2.45) is 0 Å². The number of halogens is 3. The second-order valence-corrected chi connectivity index (χ2v) is 14.1. The van der Waals surface area contributed by atoms with Crippen LogP contribution in [-0.4, -0.2) is 89.2 Å². The molecular formula is C36H36F3N5O5S2. The van der Waals surface area contributed by atoms with Crippen LogP contribution in [0.2, 0.25) is 0 Å². The molecule has 0 spiro atoms. The van der Waals surface area contributed by atoms with E-state index in [0.717, 1.165) is 58.4 Å². The van der Waals surface area contributed by atoms with E-state index in [-0.39, 0.29) is 13.0 Å². The van der Waals surface area contributed by atoms with Gasteiger partial charge in [0.25, 0.3) is 6.54 Å². The first kappa shape index (κ1) is 36.5. The molecule has 1 atom stereocenters. The first-order chi connectivity index (χ1) is 24.4. The summed E-state index contributed by atoms with van der Waals surface area (Å²) < 4.78 is 46.5. The van der Waals surface area contributed by atoms with Crippen molar-refractivity contribution in [2.75, 3.05) is 63.9 Å². The fraction of sp³-hybridized carbons (Fsp3) is 0.361. The molecule has 51 heavy (non-hydrogen) atoms. The molecule has 268 valence electrons. The molecule has 1 unspecified atom stereocenters. The Kier molecular flexibility index (Phi) is 11.1. The Balaban J connectivity index is 1.02. The molecule has 0 amide bonds. The van der Waals surface area contributed by atoms with Crippen LogP contribution in [0.1, 0.15) is 17.5 Å². The van der Waals surface area contributed by atoms with Crippen molar-refractivity contribution in [3.63, 3.8) is 0 Å². The lowest BCUT2D eigenvalue weighted by molar-refractivity contribution is -0.609. The molecule has 1 saturated heterocycles. The summed E-state index contributed by atoms with van der Waals surface area (Å²) in [5.41, 5.74) is -0.850. The van der Waals surface area contributed by atoms with E-state index >= 15 is 0 Å². The lowest BCUT2D eigenvalue weighted by Gasteiger charge is -2.36. The fourth-order valence-electron chi connectivity index (χ4n) is 6.70. The number of nitro groups is 2. The predicted octanol–water partition coefficient (Wildman–Crippen LogP) is 7.35. The molecular weight excluding hydrogens is 704 g/mol. The Hall–Kier alpha value is -4.31. The third-order valence-electron chi connectivity index (χ3n) is 9.40. The number of para-hydroxylation sites is 1. The van der Waals surface area contributed by atoms with Crippen LogP contribution < -0.4 is 4.90 Å². The highest BCUT2D eigenvalue weighted by atomic mass is 32.2. The van der Waals surface area contributed by atoms with Gasteiger partial charge in [0.1, 0.15) is 6.61 Å². The van der Waals surface area contributed by atoms with Crippen molar-refractivity contribution < 1.29 is 27.8 Å². The summed E-state index contributed by atoms with van der Waals surface area (Å²) >= 11 is 6.88. The number of nitrogens with zero attached hydrogens (tertiary/aromatic N) is 5. The molecule has 0 aliphatic carbocycles. The van der Waals surface area contributed by atoms with Crippen molar-refractivity contribution in [2.45, 2.75) is 34.3 Å². The Morgan fingerprint density at radius 2 is 1.49 bits per heavy atom. The summed E-state index contributed by atoms with van der Waals surface area (Å²) in [6.07, 6.45) is -3.97. The molecule has 15 heteroatoms. The van der Waals surface area contributed by atoms with Crippen LogP contribution in [0.4, 0.5) is 24.5 Å². The molecule has 4 aromatic rings. The van der Waals surface area contributed by atoms with Crippen molar-refractivity contribution >= 4 is 51.2 Å². The predicted molar refractivity (Wildman–Crippen MR) is 194 cm³/mol. The van der Waals surface area contributed by atoms with Gasteiger partial charge in [-0.2, -0.15) is 13.2 Å². The maximum absolute atomic E-state index is 13.6. The zero-order valence-corrected chi connectivity index (χ0v) is 29.2. The highest BCUT2D eigenvalue weighted by molar-refractivity contribution is 7.99. The molecule has 1 fully saturated rings. The van der Waals surface area contributed by atoms with E-state index in [1.165, 1.54) is 17.8 Å². The molecule has 0 radical (unpaired) electrons. The van der Waals surface area contributed by atoms with Gasteiger partial charge in [0.05, 0.1) is 23.4 Å². The van der Waals surface area contributed by atoms with Crippen LogP contribution >= 0.6 is 24.0 Å². The van der Waals surface area contributed by atoms with Gasteiger partial charge < -0.3 is 14.5 Å². The van der Waals surface area contributed by atoms with E-state index in [1.807, 2.05) is 59.5 Å². The summed E-state index contributed by atoms with van der Waals surface area (Å²) in [6.45, 7) is 3.73. The number of piperazine rings is 1. The number of hydrogen-bond donors (Lipinski definition) is 0. The third kappa shape index (κ3) is 8.27. The van der Waals surface area contributed by atoms with E-state index < -0.39 is 38.7 Å². The summed E-state index contributed by atoms with van der Waals surface area (Å²) in [4.78, 5) is 31.0. The Bertz CT molecular complexity index is 1920. The molecule has 2 heterocycles. The number of anilines is 2. The van der Waals surface area contributed by atoms with E-state index in [4.69, 9.17) is 17.0 Å². The van der Waals surface area contributed by atoms with Gasteiger partial charge in [0.15, 0.2) is 0 Å². The molecule has 4 aromatic carbocycles. The molecule has 2 aliphatic rings. The van der Waals surface area contributed by atoms with Gasteiger partial charge in [-0.15, -0.1) is 0 Å². The van der Waals surface area contributed by atoms with E-state index in [9.17, 15) is 33.4 Å². The highest BCUT2D eigenvalue weighted by Gasteiger charge is 2.55. The summed E-state index contributed by atoms with van der Waals surface area (Å²) in [6, 6.07) is 24.4. The Morgan fingerprint density at radius 1 is 0.824 bits per heavy atom. The summed E-state index contributed by atoms with van der Waals surface area (Å²) in [5.74, 6) is 0. The molecule has 10 nitrogen and oxygen atoms in total. The number of fused-ring (bicyclic) bond motifs is 3. The lowest BCUT2D eigenvalue weighted by Crippen LogP contribution is -2.54. The van der Waals surface area contributed by atoms with Gasteiger partial charge in [0, 0.05) is 58.9 Å². The standard InChI is InChI=1S/C36H36F3N5O5S2/c37-36(38,39)28-13-14-33-31(23-28)42(30-11-3-4-12-32(30)51-33)16-6-15-40-17-19-41(20-18-40)21-22-49-34(50)35(44(47)48,25-43(45)46)24-27-9-5-8-26-7-1-2-10-29(26)27/h1-5,7-14,23H,6,15-22,24-25H2. The number of ether oxygens (including phenoxy) is 1. The smallest absolute Gasteiger partial charge is 0.416 e. The van der Waals surface area contributed by atoms with Crippen LogP contribution in [-0.2, 0) is 17.3 Å². The topological polar surface area (TPSA) is 105 Å². The average molecular weight is 740 g/mol. The van der Waals surface area contributed by atoms with Gasteiger partial charge in [0.2, 0.25) is 5.05 Å². The maximum atomic E-state index is 13.6. The monoisotopic (exact) mass is 739 g/mol. The van der Waals surface area contributed by atoms with Crippen LogP contribution in [0.3, 0.4) is 0 Å². The second-order valence-electron chi connectivity index (χ2n) is 12.7. The molecule has 6 rings (SSSR count). The SMILES string of the molecule is O=[N+]([O-])CC(Cc1cccc2ccccc12)(C(=S)OCCN1CCN(CCCN2c3ccccc3Sc3ccc(C(F)(F)F)cc32)CC1)[N+](=O)[O-]. The van der Waals surface area contributed by atoms with E-state index in [0.29, 0.717) is 37.4 Å². The van der Waals surface area contributed by atoms with Crippen molar-refractivity contribution in [1.82, 2.24) is 9.80 Å². The lowest BCUT2D eigenvalue weighted by atomic mass is 9.89. The minimum atomic E-state index is -4.43. The minimum absolute atomic E-state index is 0.0490.